The minimum atomic E-state index is -0.445. The first-order chi connectivity index (χ1) is 11.7. The second kappa shape index (κ2) is 9.39. The molecule has 2 aromatic carbocycles. The predicted octanol–water partition coefficient (Wildman–Crippen LogP) is 3.16. The van der Waals surface area contributed by atoms with Crippen molar-refractivity contribution in [3.05, 3.63) is 70.8 Å². The summed E-state index contributed by atoms with van der Waals surface area (Å²) in [4.78, 5) is 11.6. The number of aliphatic hydroxyl groups is 1. The van der Waals surface area contributed by atoms with Gasteiger partial charge in [-0.1, -0.05) is 54.3 Å². The SMILES string of the molecule is Cc1c(C#CCCNC(=O)OCc2ccccc2)cccc1CO. The molecular formula is C20H21NO3. The number of benzene rings is 2. The fourth-order valence-corrected chi connectivity index (χ4v) is 2.15. The molecule has 4 nitrogen and oxygen atoms in total. The van der Waals surface area contributed by atoms with E-state index in [0.717, 1.165) is 22.3 Å². The zero-order valence-electron chi connectivity index (χ0n) is 13.7. The molecule has 0 atom stereocenters. The van der Waals surface area contributed by atoms with Crippen molar-refractivity contribution in [2.24, 2.45) is 0 Å². The van der Waals surface area contributed by atoms with Gasteiger partial charge in [0.05, 0.1) is 6.61 Å². The summed E-state index contributed by atoms with van der Waals surface area (Å²) in [5, 5.41) is 11.9. The lowest BCUT2D eigenvalue weighted by atomic mass is 10.0. The minimum absolute atomic E-state index is 0.0101. The predicted molar refractivity (Wildman–Crippen MR) is 93.2 cm³/mol. The number of hydrogen-bond donors (Lipinski definition) is 2. The number of rotatable bonds is 5. The summed E-state index contributed by atoms with van der Waals surface area (Å²) in [5.41, 5.74) is 3.71. The molecule has 0 unspecified atom stereocenters. The van der Waals surface area contributed by atoms with Gasteiger partial charge in [0, 0.05) is 18.5 Å². The highest BCUT2D eigenvalue weighted by Crippen LogP contribution is 2.12. The van der Waals surface area contributed by atoms with Gasteiger partial charge in [-0.2, -0.15) is 0 Å². The number of carbonyl (C=O) groups excluding carboxylic acids is 1. The first-order valence-corrected chi connectivity index (χ1v) is 7.83. The lowest BCUT2D eigenvalue weighted by molar-refractivity contribution is 0.140. The maximum absolute atomic E-state index is 11.6. The molecule has 4 heteroatoms. The summed E-state index contributed by atoms with van der Waals surface area (Å²) in [5.74, 6) is 6.09. The third-order valence-corrected chi connectivity index (χ3v) is 3.57. The Morgan fingerprint density at radius 3 is 2.71 bits per heavy atom. The van der Waals surface area contributed by atoms with Crippen LogP contribution >= 0.6 is 0 Å². The number of nitrogens with one attached hydrogen (secondary N) is 1. The summed E-state index contributed by atoms with van der Waals surface area (Å²) in [6.45, 7) is 2.63. The zero-order valence-corrected chi connectivity index (χ0v) is 13.7. The molecule has 0 saturated carbocycles. The van der Waals surface area contributed by atoms with Crippen LogP contribution in [-0.2, 0) is 18.0 Å². The molecule has 0 radical (unpaired) electrons. The van der Waals surface area contributed by atoms with E-state index in [2.05, 4.69) is 17.2 Å². The summed E-state index contributed by atoms with van der Waals surface area (Å²) < 4.78 is 5.12. The van der Waals surface area contributed by atoms with Gasteiger partial charge >= 0.3 is 6.09 Å². The van der Waals surface area contributed by atoms with Crippen LogP contribution in [0.1, 0.15) is 28.7 Å². The molecule has 1 amide bonds. The Labute approximate surface area is 142 Å². The van der Waals surface area contributed by atoms with E-state index in [9.17, 15) is 9.90 Å². The van der Waals surface area contributed by atoms with Gasteiger partial charge in [-0.05, 0) is 29.7 Å². The second-order valence-corrected chi connectivity index (χ2v) is 5.29. The second-order valence-electron chi connectivity index (χ2n) is 5.29. The van der Waals surface area contributed by atoms with E-state index in [0.29, 0.717) is 13.0 Å². The topological polar surface area (TPSA) is 58.6 Å². The van der Waals surface area contributed by atoms with Crippen molar-refractivity contribution in [1.82, 2.24) is 5.32 Å². The van der Waals surface area contributed by atoms with Crippen LogP contribution < -0.4 is 5.32 Å². The summed E-state index contributed by atoms with van der Waals surface area (Å²) >= 11 is 0. The molecule has 0 fully saturated rings. The van der Waals surface area contributed by atoms with Crippen molar-refractivity contribution in [2.75, 3.05) is 6.54 Å². The third-order valence-electron chi connectivity index (χ3n) is 3.57. The lowest BCUT2D eigenvalue weighted by Gasteiger charge is -2.05. The Morgan fingerprint density at radius 2 is 1.96 bits per heavy atom. The molecule has 0 heterocycles. The standard InChI is InChI=1S/C20H21NO3/c1-16-18(11-7-12-19(16)14-22)10-5-6-13-21-20(23)24-15-17-8-3-2-4-9-17/h2-4,7-9,11-12,22H,6,13-15H2,1H3,(H,21,23). The van der Waals surface area contributed by atoms with E-state index >= 15 is 0 Å². The van der Waals surface area contributed by atoms with Crippen molar-refractivity contribution < 1.29 is 14.6 Å². The maximum atomic E-state index is 11.6. The van der Waals surface area contributed by atoms with E-state index in [1.807, 2.05) is 55.5 Å². The van der Waals surface area contributed by atoms with Gasteiger partial charge in [-0.3, -0.25) is 0 Å². The fourth-order valence-electron chi connectivity index (χ4n) is 2.15. The highest BCUT2D eigenvalue weighted by atomic mass is 16.5. The van der Waals surface area contributed by atoms with Crippen LogP contribution in [-0.4, -0.2) is 17.7 Å². The van der Waals surface area contributed by atoms with Crippen LogP contribution in [0.2, 0.25) is 0 Å². The van der Waals surface area contributed by atoms with Gasteiger partial charge < -0.3 is 15.2 Å². The lowest BCUT2D eigenvalue weighted by Crippen LogP contribution is -2.24. The Balaban J connectivity index is 1.72. The number of alkyl carbamates (subject to hydrolysis) is 1. The highest BCUT2D eigenvalue weighted by molar-refractivity contribution is 5.67. The molecule has 0 spiro atoms. The number of hydrogen-bond acceptors (Lipinski definition) is 3. The average Bonchev–Trinajstić information content (AvgIpc) is 2.62. The van der Waals surface area contributed by atoms with E-state index in [-0.39, 0.29) is 13.2 Å². The monoisotopic (exact) mass is 323 g/mol. The average molecular weight is 323 g/mol. The summed E-state index contributed by atoms with van der Waals surface area (Å²) in [6, 6.07) is 15.2. The molecule has 124 valence electrons. The molecular weight excluding hydrogens is 302 g/mol. The van der Waals surface area contributed by atoms with Gasteiger partial charge in [0.2, 0.25) is 0 Å². The first-order valence-electron chi connectivity index (χ1n) is 7.83. The van der Waals surface area contributed by atoms with Crippen molar-refractivity contribution in [1.29, 1.82) is 0 Å². The van der Waals surface area contributed by atoms with Crippen molar-refractivity contribution >= 4 is 6.09 Å². The van der Waals surface area contributed by atoms with Gasteiger partial charge in [-0.25, -0.2) is 4.79 Å². The smallest absolute Gasteiger partial charge is 0.407 e. The molecule has 2 aromatic rings. The largest absolute Gasteiger partial charge is 0.445 e. The number of aliphatic hydroxyl groups excluding tert-OH is 1. The Hall–Kier alpha value is -2.77. The van der Waals surface area contributed by atoms with Crippen molar-refractivity contribution in [2.45, 2.75) is 26.6 Å². The summed E-state index contributed by atoms with van der Waals surface area (Å²) in [7, 11) is 0. The third kappa shape index (κ3) is 5.45. The maximum Gasteiger partial charge on any atom is 0.407 e. The molecule has 0 aliphatic carbocycles. The molecule has 24 heavy (non-hydrogen) atoms. The molecule has 0 bridgehead atoms. The Kier molecular flexibility index (Phi) is 6.88. The molecule has 0 aliphatic heterocycles. The minimum Gasteiger partial charge on any atom is -0.445 e. The number of carbonyl (C=O) groups is 1. The molecule has 2 rings (SSSR count). The zero-order chi connectivity index (χ0) is 17.2. The molecule has 0 aliphatic rings. The molecule has 2 N–H and O–H groups in total. The van der Waals surface area contributed by atoms with Crippen LogP contribution in [0.25, 0.3) is 0 Å². The van der Waals surface area contributed by atoms with Crippen LogP contribution in [0.3, 0.4) is 0 Å². The normalized spacial score (nSPS) is 9.75. The van der Waals surface area contributed by atoms with Gasteiger partial charge in [0.15, 0.2) is 0 Å². The van der Waals surface area contributed by atoms with Crippen molar-refractivity contribution in [3.8, 4) is 11.8 Å². The Bertz CT molecular complexity index is 730. The number of amides is 1. The van der Waals surface area contributed by atoms with Crippen LogP contribution in [0.5, 0.6) is 0 Å². The molecule has 0 aromatic heterocycles. The van der Waals surface area contributed by atoms with Crippen molar-refractivity contribution in [3.63, 3.8) is 0 Å². The summed E-state index contributed by atoms with van der Waals surface area (Å²) in [6.07, 6.45) is 0.0857. The van der Waals surface area contributed by atoms with Crippen LogP contribution in [0, 0.1) is 18.8 Å². The quantitative estimate of drug-likeness (QED) is 0.656. The van der Waals surface area contributed by atoms with Gasteiger partial charge in [0.1, 0.15) is 6.61 Å². The van der Waals surface area contributed by atoms with Gasteiger partial charge in [0.25, 0.3) is 0 Å². The first kappa shape index (κ1) is 17.6. The van der Waals surface area contributed by atoms with E-state index in [1.165, 1.54) is 0 Å². The molecule has 0 saturated heterocycles. The van der Waals surface area contributed by atoms with Gasteiger partial charge in [-0.15, -0.1) is 0 Å². The Morgan fingerprint density at radius 1 is 1.17 bits per heavy atom. The van der Waals surface area contributed by atoms with E-state index in [1.54, 1.807) is 0 Å². The van der Waals surface area contributed by atoms with E-state index < -0.39 is 6.09 Å². The van der Waals surface area contributed by atoms with Crippen LogP contribution in [0.4, 0.5) is 4.79 Å². The van der Waals surface area contributed by atoms with Crippen LogP contribution in [0.15, 0.2) is 48.5 Å². The highest BCUT2D eigenvalue weighted by Gasteiger charge is 2.01. The van der Waals surface area contributed by atoms with E-state index in [4.69, 9.17) is 4.74 Å². The number of ether oxygens (including phenoxy) is 1. The fraction of sp³-hybridized carbons (Fsp3) is 0.250.